The lowest BCUT2D eigenvalue weighted by Crippen LogP contribution is -2.35. The molecule has 7 heteroatoms. The maximum absolute atomic E-state index is 7.00. The molecule has 0 fully saturated rings. The molecule has 0 radical (unpaired) electrons. The second-order valence-corrected chi connectivity index (χ2v) is 15.3. The topological polar surface area (TPSA) is 64.6 Å². The van der Waals surface area contributed by atoms with E-state index in [2.05, 4.69) is 62.4 Å². The van der Waals surface area contributed by atoms with Gasteiger partial charge in [-0.2, -0.15) is 0 Å². The molecule has 6 rings (SSSR count). The highest BCUT2D eigenvalue weighted by Gasteiger charge is 2.33. The number of ether oxygens (including phenoxy) is 7. The zero-order chi connectivity index (χ0) is 41.5. The molecule has 0 N–H and O–H groups in total. The molecule has 0 spiro atoms. The van der Waals surface area contributed by atoms with Crippen molar-refractivity contribution in [3.05, 3.63) is 168 Å². The molecule has 0 saturated carbocycles. The van der Waals surface area contributed by atoms with Crippen LogP contribution >= 0.6 is 0 Å². The lowest BCUT2D eigenvalue weighted by Gasteiger charge is -2.35. The highest BCUT2D eigenvalue weighted by Crippen LogP contribution is 2.41. The standard InChI is InChI=1S/C52H58O7/c1-7-56-47-29-27-41(35-49(47)53-5)51(3,33-31-39-19-15-17-25-45(39)58-43-21-11-9-12-22-43)37-55-38-52(4,42-28-30-48(57-8-2)50(36-42)54-6)34-32-40-20-16-18-26-46(40)59-44-23-13-10-14-24-44/h9-30,35-36H,7-8,31-34,37-38H2,1-6H3. The zero-order valence-electron chi connectivity index (χ0n) is 35.4. The molecule has 2 atom stereocenters. The number of para-hydroxylation sites is 4. The Morgan fingerprint density at radius 1 is 0.424 bits per heavy atom. The van der Waals surface area contributed by atoms with Gasteiger partial charge in [-0.3, -0.25) is 0 Å². The summed E-state index contributed by atoms with van der Waals surface area (Å²) < 4.78 is 43.3. The van der Waals surface area contributed by atoms with Gasteiger partial charge in [-0.05, 0) is 122 Å². The smallest absolute Gasteiger partial charge is 0.161 e. The van der Waals surface area contributed by atoms with Crippen molar-refractivity contribution >= 4 is 0 Å². The van der Waals surface area contributed by atoms with Crippen LogP contribution in [0, 0.1) is 0 Å². The molecule has 0 aliphatic rings. The Hall–Kier alpha value is -5.92. The van der Waals surface area contributed by atoms with Crippen LogP contribution in [0.5, 0.6) is 46.0 Å². The Kier molecular flexibility index (Phi) is 15.0. The minimum absolute atomic E-state index is 0.411. The molecule has 0 aromatic heterocycles. The Morgan fingerprint density at radius 2 is 0.814 bits per heavy atom. The highest BCUT2D eigenvalue weighted by atomic mass is 16.5. The van der Waals surface area contributed by atoms with Gasteiger partial charge in [0.15, 0.2) is 23.0 Å². The third-order valence-corrected chi connectivity index (χ3v) is 10.9. The second-order valence-electron chi connectivity index (χ2n) is 15.3. The van der Waals surface area contributed by atoms with Crippen LogP contribution in [0.4, 0.5) is 0 Å². The van der Waals surface area contributed by atoms with E-state index in [9.17, 15) is 0 Å². The highest BCUT2D eigenvalue weighted by molar-refractivity contribution is 5.47. The van der Waals surface area contributed by atoms with E-state index in [0.29, 0.717) is 37.9 Å². The summed E-state index contributed by atoms with van der Waals surface area (Å²) in [6.45, 7) is 10.5. The van der Waals surface area contributed by atoms with Crippen molar-refractivity contribution in [1.29, 1.82) is 0 Å². The fourth-order valence-electron chi connectivity index (χ4n) is 7.41. The van der Waals surface area contributed by atoms with Crippen LogP contribution < -0.4 is 28.4 Å². The number of hydrogen-bond acceptors (Lipinski definition) is 7. The van der Waals surface area contributed by atoms with Gasteiger partial charge in [0.25, 0.3) is 0 Å². The second kappa shape index (κ2) is 20.7. The molecule has 0 aliphatic heterocycles. The predicted octanol–water partition coefficient (Wildman–Crippen LogP) is 12.6. The SMILES string of the molecule is CCOc1ccc(C(C)(CCc2ccccc2Oc2ccccc2)COCC(C)(CCc2ccccc2Oc2ccccc2)c2ccc(OCC)c(OC)c2)cc1OC. The number of hydrogen-bond donors (Lipinski definition) is 0. The molecule has 2 unspecified atom stereocenters. The molecule has 0 amide bonds. The van der Waals surface area contributed by atoms with Crippen molar-refractivity contribution < 1.29 is 33.2 Å². The van der Waals surface area contributed by atoms with Gasteiger partial charge < -0.3 is 33.2 Å². The summed E-state index contributed by atoms with van der Waals surface area (Å²) in [4.78, 5) is 0. The van der Waals surface area contributed by atoms with Crippen LogP contribution in [0.2, 0.25) is 0 Å². The number of aryl methyl sites for hydroxylation is 2. The molecule has 308 valence electrons. The normalized spacial score (nSPS) is 13.1. The minimum atomic E-state index is -0.411. The van der Waals surface area contributed by atoms with E-state index in [1.165, 1.54) is 0 Å². The summed E-state index contributed by atoms with van der Waals surface area (Å²) >= 11 is 0. The summed E-state index contributed by atoms with van der Waals surface area (Å²) in [5, 5.41) is 0. The molecule has 6 aromatic carbocycles. The molecule has 6 aromatic rings. The van der Waals surface area contributed by atoms with Gasteiger partial charge in [0.05, 0.1) is 40.6 Å². The van der Waals surface area contributed by atoms with Gasteiger partial charge in [-0.25, -0.2) is 0 Å². The summed E-state index contributed by atoms with van der Waals surface area (Å²) in [6.07, 6.45) is 3.11. The number of rotatable bonds is 22. The monoisotopic (exact) mass is 794 g/mol. The first-order valence-electron chi connectivity index (χ1n) is 20.6. The molecule has 0 saturated heterocycles. The van der Waals surface area contributed by atoms with E-state index in [1.807, 2.05) is 111 Å². The van der Waals surface area contributed by atoms with Crippen LogP contribution in [0.25, 0.3) is 0 Å². The Bertz CT molecular complexity index is 2050. The van der Waals surface area contributed by atoms with Crippen molar-refractivity contribution in [3.8, 4) is 46.0 Å². The predicted molar refractivity (Wildman–Crippen MR) is 236 cm³/mol. The van der Waals surface area contributed by atoms with Crippen LogP contribution in [0.1, 0.15) is 62.8 Å². The fraction of sp³-hybridized carbons (Fsp3) is 0.308. The molecule has 59 heavy (non-hydrogen) atoms. The maximum Gasteiger partial charge on any atom is 0.161 e. The number of methoxy groups -OCH3 is 2. The van der Waals surface area contributed by atoms with Gasteiger partial charge in [-0.15, -0.1) is 0 Å². The fourth-order valence-corrected chi connectivity index (χ4v) is 7.41. The molecular formula is C52H58O7. The van der Waals surface area contributed by atoms with Crippen molar-refractivity contribution in [2.45, 2.75) is 64.2 Å². The quantitative estimate of drug-likeness (QED) is 0.0678. The van der Waals surface area contributed by atoms with E-state index in [1.54, 1.807) is 14.2 Å². The Morgan fingerprint density at radius 3 is 1.20 bits per heavy atom. The lowest BCUT2D eigenvalue weighted by molar-refractivity contribution is 0.0482. The summed E-state index contributed by atoms with van der Waals surface area (Å²) in [5.41, 5.74) is 3.65. The maximum atomic E-state index is 7.00. The molecule has 0 aliphatic carbocycles. The van der Waals surface area contributed by atoms with Gasteiger partial charge in [0.2, 0.25) is 0 Å². The molecule has 7 nitrogen and oxygen atoms in total. The zero-order valence-corrected chi connectivity index (χ0v) is 35.4. The van der Waals surface area contributed by atoms with Crippen LogP contribution in [-0.2, 0) is 28.4 Å². The number of benzene rings is 6. The third-order valence-electron chi connectivity index (χ3n) is 10.9. The minimum Gasteiger partial charge on any atom is -0.493 e. The summed E-state index contributed by atoms with van der Waals surface area (Å²) in [6, 6.07) is 48.9. The van der Waals surface area contributed by atoms with E-state index in [4.69, 9.17) is 33.2 Å². The average molecular weight is 795 g/mol. The van der Waals surface area contributed by atoms with Crippen LogP contribution in [0.15, 0.2) is 146 Å². The van der Waals surface area contributed by atoms with Crippen molar-refractivity contribution in [1.82, 2.24) is 0 Å². The van der Waals surface area contributed by atoms with Gasteiger partial charge in [0.1, 0.15) is 23.0 Å². The summed E-state index contributed by atoms with van der Waals surface area (Å²) in [5.74, 6) is 6.15. The van der Waals surface area contributed by atoms with Crippen molar-refractivity contribution in [3.63, 3.8) is 0 Å². The molecule has 0 heterocycles. The van der Waals surface area contributed by atoms with E-state index >= 15 is 0 Å². The Labute approximate surface area is 350 Å². The van der Waals surface area contributed by atoms with E-state index in [0.717, 1.165) is 82.4 Å². The average Bonchev–Trinajstić information content (AvgIpc) is 3.27. The van der Waals surface area contributed by atoms with Gasteiger partial charge in [-0.1, -0.05) is 98.8 Å². The largest absolute Gasteiger partial charge is 0.493 e. The first-order chi connectivity index (χ1) is 28.8. The third kappa shape index (κ3) is 11.2. The molecular weight excluding hydrogens is 737 g/mol. The Balaban J connectivity index is 1.30. The van der Waals surface area contributed by atoms with Gasteiger partial charge >= 0.3 is 0 Å². The van der Waals surface area contributed by atoms with Crippen molar-refractivity contribution in [2.24, 2.45) is 0 Å². The first kappa shape index (κ1) is 42.7. The van der Waals surface area contributed by atoms with E-state index in [-0.39, 0.29) is 0 Å². The van der Waals surface area contributed by atoms with E-state index < -0.39 is 10.8 Å². The van der Waals surface area contributed by atoms with Gasteiger partial charge in [0, 0.05) is 10.8 Å². The first-order valence-corrected chi connectivity index (χ1v) is 20.6. The summed E-state index contributed by atoms with van der Waals surface area (Å²) in [7, 11) is 3.37. The van der Waals surface area contributed by atoms with Crippen LogP contribution in [0.3, 0.4) is 0 Å². The van der Waals surface area contributed by atoms with Crippen molar-refractivity contribution in [2.75, 3.05) is 40.6 Å². The van der Waals surface area contributed by atoms with Crippen LogP contribution in [-0.4, -0.2) is 40.6 Å². The lowest BCUT2D eigenvalue weighted by atomic mass is 9.77. The molecule has 0 bridgehead atoms.